The van der Waals surface area contributed by atoms with Crippen molar-refractivity contribution in [3.8, 4) is 0 Å². The van der Waals surface area contributed by atoms with Crippen molar-refractivity contribution in [1.29, 1.82) is 0 Å². The first kappa shape index (κ1) is 18.8. The molecule has 0 amide bonds. The van der Waals surface area contributed by atoms with E-state index in [1.807, 2.05) is 4.90 Å². The van der Waals surface area contributed by atoms with Crippen LogP contribution in [0.1, 0.15) is 55.2 Å². The number of fused-ring (bicyclic) bond motifs is 1. The van der Waals surface area contributed by atoms with Crippen LogP contribution in [0.25, 0.3) is 5.70 Å². The normalized spacial score (nSPS) is 21.5. The largest absolute Gasteiger partial charge is 0.357 e. The third-order valence-electron chi connectivity index (χ3n) is 5.99. The highest BCUT2D eigenvalue weighted by atomic mass is 16.1. The fourth-order valence-electron chi connectivity index (χ4n) is 4.34. The quantitative estimate of drug-likeness (QED) is 0.671. The van der Waals surface area contributed by atoms with Gasteiger partial charge in [0.05, 0.1) is 6.04 Å². The predicted molar refractivity (Wildman–Crippen MR) is 105 cm³/mol. The van der Waals surface area contributed by atoms with Crippen LogP contribution in [0, 0.1) is 0 Å². The molecule has 2 aliphatic rings. The van der Waals surface area contributed by atoms with E-state index in [4.69, 9.17) is 0 Å². The molecule has 0 aliphatic carbocycles. The molecule has 3 rings (SSSR count). The van der Waals surface area contributed by atoms with Crippen molar-refractivity contribution in [3.05, 3.63) is 41.5 Å². The fourth-order valence-corrected chi connectivity index (χ4v) is 4.34. The molecule has 0 bridgehead atoms. The Bertz CT molecular complexity index is 670. The van der Waals surface area contributed by atoms with Crippen molar-refractivity contribution in [1.82, 2.24) is 9.80 Å². The highest BCUT2D eigenvalue weighted by molar-refractivity contribution is 5.73. The summed E-state index contributed by atoms with van der Waals surface area (Å²) in [5.74, 6) is 0. The molecule has 0 N–H and O–H groups in total. The van der Waals surface area contributed by atoms with E-state index in [1.165, 1.54) is 43.4 Å². The van der Waals surface area contributed by atoms with Crippen LogP contribution in [0.15, 0.2) is 24.8 Å². The first-order valence-electron chi connectivity index (χ1n) is 9.81. The average Bonchev–Trinajstić information content (AvgIpc) is 2.98. The van der Waals surface area contributed by atoms with E-state index in [-0.39, 0.29) is 6.04 Å². The number of piperidine rings is 1. The van der Waals surface area contributed by atoms with Crippen molar-refractivity contribution < 1.29 is 9.59 Å². The Morgan fingerprint density at radius 3 is 2.88 bits per heavy atom. The first-order chi connectivity index (χ1) is 12.6. The number of carbonyl (C=O) groups is 2. The van der Waals surface area contributed by atoms with Crippen molar-refractivity contribution >= 4 is 18.3 Å². The first-order valence-corrected chi connectivity index (χ1v) is 9.81. The van der Waals surface area contributed by atoms with Gasteiger partial charge < -0.3 is 19.4 Å². The van der Waals surface area contributed by atoms with Gasteiger partial charge in [-0.2, -0.15) is 0 Å². The molecule has 1 aromatic carbocycles. The summed E-state index contributed by atoms with van der Waals surface area (Å²) in [4.78, 5) is 26.7. The summed E-state index contributed by atoms with van der Waals surface area (Å²) in [6.45, 7) is 6.12. The number of rotatable bonds is 8. The molecule has 1 fully saturated rings. The Morgan fingerprint density at radius 2 is 2.15 bits per heavy atom. The minimum atomic E-state index is -0.264. The van der Waals surface area contributed by atoms with E-state index in [9.17, 15) is 9.59 Å². The SMILES string of the molecule is C=C1c2ccc(CCC3CCCCN3C)cc2CN1C(C=O)CCC=O. The topological polar surface area (TPSA) is 40.6 Å². The number of benzene rings is 1. The van der Waals surface area contributed by atoms with Gasteiger partial charge in [-0.1, -0.05) is 31.2 Å². The zero-order chi connectivity index (χ0) is 18.5. The lowest BCUT2D eigenvalue weighted by molar-refractivity contribution is -0.112. The maximum atomic E-state index is 11.5. The number of nitrogens with zero attached hydrogens (tertiary/aromatic N) is 2. The van der Waals surface area contributed by atoms with Gasteiger partial charge in [-0.25, -0.2) is 0 Å². The molecule has 2 heterocycles. The third-order valence-corrected chi connectivity index (χ3v) is 5.99. The van der Waals surface area contributed by atoms with Gasteiger partial charge in [-0.05, 0) is 56.8 Å². The van der Waals surface area contributed by atoms with Crippen molar-refractivity contribution in [2.45, 2.75) is 63.6 Å². The van der Waals surface area contributed by atoms with Crippen LogP contribution in [0.2, 0.25) is 0 Å². The molecule has 1 aromatic rings. The van der Waals surface area contributed by atoms with Crippen molar-refractivity contribution in [3.63, 3.8) is 0 Å². The smallest absolute Gasteiger partial charge is 0.142 e. The van der Waals surface area contributed by atoms with Gasteiger partial charge in [0.15, 0.2) is 0 Å². The number of likely N-dealkylation sites (tertiary alicyclic amines) is 1. The van der Waals surface area contributed by atoms with Gasteiger partial charge in [0.2, 0.25) is 0 Å². The average molecular weight is 354 g/mol. The van der Waals surface area contributed by atoms with Gasteiger partial charge in [-0.3, -0.25) is 0 Å². The summed E-state index contributed by atoms with van der Waals surface area (Å²) >= 11 is 0. The molecule has 0 aromatic heterocycles. The van der Waals surface area contributed by atoms with E-state index < -0.39 is 0 Å². The monoisotopic (exact) mass is 354 g/mol. The molecule has 1 saturated heterocycles. The Hall–Kier alpha value is -1.94. The van der Waals surface area contributed by atoms with Crippen LogP contribution in [-0.2, 0) is 22.6 Å². The number of hydrogen-bond donors (Lipinski definition) is 0. The molecule has 140 valence electrons. The number of aryl methyl sites for hydroxylation is 1. The van der Waals surface area contributed by atoms with Gasteiger partial charge in [0, 0.05) is 30.3 Å². The lowest BCUT2D eigenvalue weighted by Crippen LogP contribution is -2.36. The number of carbonyl (C=O) groups excluding carboxylic acids is 2. The summed E-state index contributed by atoms with van der Waals surface area (Å²) in [5.41, 5.74) is 4.67. The number of hydrogen-bond acceptors (Lipinski definition) is 4. The molecule has 0 spiro atoms. The molecule has 2 unspecified atom stereocenters. The summed E-state index contributed by atoms with van der Waals surface area (Å²) in [7, 11) is 2.24. The van der Waals surface area contributed by atoms with Gasteiger partial charge in [-0.15, -0.1) is 0 Å². The minimum absolute atomic E-state index is 0.264. The Labute approximate surface area is 156 Å². The van der Waals surface area contributed by atoms with Gasteiger partial charge >= 0.3 is 0 Å². The molecule has 4 nitrogen and oxygen atoms in total. The van der Waals surface area contributed by atoms with Crippen LogP contribution in [0.3, 0.4) is 0 Å². The van der Waals surface area contributed by atoms with Crippen molar-refractivity contribution in [2.75, 3.05) is 13.6 Å². The van der Waals surface area contributed by atoms with Crippen LogP contribution < -0.4 is 0 Å². The highest BCUT2D eigenvalue weighted by Gasteiger charge is 2.28. The second-order valence-electron chi connectivity index (χ2n) is 7.68. The molecule has 0 saturated carbocycles. The molecular formula is C22H30N2O2. The minimum Gasteiger partial charge on any atom is -0.357 e. The third kappa shape index (κ3) is 4.07. The Balaban J connectivity index is 1.65. The molecule has 0 radical (unpaired) electrons. The standard InChI is InChI=1S/C22H30N2O2/c1-17-22-11-9-18(8-10-20-6-3-4-12-23(20)2)14-19(22)15-24(17)21(16-26)7-5-13-25/h9,11,13-14,16,20-21H,1,3-8,10,12,15H2,2H3. The molecule has 26 heavy (non-hydrogen) atoms. The maximum absolute atomic E-state index is 11.5. The van der Waals surface area contributed by atoms with E-state index in [0.717, 1.165) is 30.3 Å². The lowest BCUT2D eigenvalue weighted by atomic mass is 9.95. The lowest BCUT2D eigenvalue weighted by Gasteiger charge is -2.32. The second kappa shape index (κ2) is 8.63. The Morgan fingerprint density at radius 1 is 1.31 bits per heavy atom. The van der Waals surface area contributed by atoms with E-state index in [2.05, 4.69) is 36.7 Å². The summed E-state index contributed by atoms with van der Waals surface area (Å²) in [5, 5.41) is 0. The van der Waals surface area contributed by atoms with Crippen LogP contribution in [0.5, 0.6) is 0 Å². The second-order valence-corrected chi connectivity index (χ2v) is 7.68. The molecule has 4 heteroatoms. The van der Waals surface area contributed by atoms with Crippen LogP contribution in [0.4, 0.5) is 0 Å². The van der Waals surface area contributed by atoms with E-state index in [1.54, 1.807) is 0 Å². The van der Waals surface area contributed by atoms with Crippen LogP contribution >= 0.6 is 0 Å². The summed E-state index contributed by atoms with van der Waals surface area (Å²) in [6.07, 6.45) is 9.07. The predicted octanol–water partition coefficient (Wildman–Crippen LogP) is 3.44. The summed E-state index contributed by atoms with van der Waals surface area (Å²) in [6, 6.07) is 7.08. The van der Waals surface area contributed by atoms with Gasteiger partial charge in [0.1, 0.15) is 12.6 Å². The summed E-state index contributed by atoms with van der Waals surface area (Å²) < 4.78 is 0. The van der Waals surface area contributed by atoms with Crippen LogP contribution in [-0.4, -0.2) is 48.0 Å². The molecule has 2 atom stereocenters. The maximum Gasteiger partial charge on any atom is 0.142 e. The fraction of sp³-hybridized carbons (Fsp3) is 0.545. The highest BCUT2D eigenvalue weighted by Crippen LogP contribution is 2.34. The van der Waals surface area contributed by atoms with E-state index in [0.29, 0.717) is 25.4 Å². The zero-order valence-corrected chi connectivity index (χ0v) is 15.8. The Kier molecular flexibility index (Phi) is 6.25. The molecule has 2 aliphatic heterocycles. The van der Waals surface area contributed by atoms with Gasteiger partial charge in [0.25, 0.3) is 0 Å². The number of aldehydes is 2. The van der Waals surface area contributed by atoms with Crippen molar-refractivity contribution in [2.24, 2.45) is 0 Å². The molecular weight excluding hydrogens is 324 g/mol. The van der Waals surface area contributed by atoms with E-state index >= 15 is 0 Å². The zero-order valence-electron chi connectivity index (χ0n) is 15.8.